The summed E-state index contributed by atoms with van der Waals surface area (Å²) in [4.78, 5) is 23.6. The second-order valence-electron chi connectivity index (χ2n) is 5.84. The van der Waals surface area contributed by atoms with Crippen molar-refractivity contribution >= 4 is 21.7 Å². The van der Waals surface area contributed by atoms with Crippen LogP contribution in [0.2, 0.25) is 0 Å². The van der Waals surface area contributed by atoms with Crippen molar-refractivity contribution in [2.45, 2.75) is 20.3 Å². The van der Waals surface area contributed by atoms with Crippen LogP contribution in [0.1, 0.15) is 30.6 Å². The van der Waals surface area contributed by atoms with E-state index in [1.54, 1.807) is 6.07 Å². The highest BCUT2D eigenvalue weighted by Gasteiger charge is 2.19. The average molecular weight is 356 g/mol. The largest absolute Gasteiger partial charge is 0.454 e. The molecule has 2 amide bonds. The number of ether oxygens (including phenoxy) is 2. The summed E-state index contributed by atoms with van der Waals surface area (Å²) >= 11 is 0. The Hall–Kier alpha value is -2.29. The maximum absolute atomic E-state index is 12.0. The zero-order valence-corrected chi connectivity index (χ0v) is 14.3. The lowest BCUT2D eigenvalue weighted by Crippen LogP contribution is -2.44. The summed E-state index contributed by atoms with van der Waals surface area (Å²) in [6.45, 7) is 3.90. The molecule has 1 heterocycles. The predicted molar refractivity (Wildman–Crippen MR) is 86.3 cm³/mol. The van der Waals surface area contributed by atoms with Gasteiger partial charge in [-0.05, 0) is 30.5 Å². The van der Waals surface area contributed by atoms with Crippen molar-refractivity contribution in [1.82, 2.24) is 10.9 Å². The molecule has 0 radical (unpaired) electrons. The van der Waals surface area contributed by atoms with Gasteiger partial charge in [-0.2, -0.15) is 0 Å². The maximum atomic E-state index is 12.0. The van der Waals surface area contributed by atoms with Crippen LogP contribution in [0, 0.1) is 5.92 Å². The van der Waals surface area contributed by atoms with Gasteiger partial charge in [0.15, 0.2) is 21.3 Å². The van der Waals surface area contributed by atoms with Crippen LogP contribution in [0.25, 0.3) is 0 Å². The predicted octanol–water partition coefficient (Wildman–Crippen LogP) is 0.637. The number of nitrogens with one attached hydrogen (secondary N) is 2. The van der Waals surface area contributed by atoms with Crippen molar-refractivity contribution in [3.63, 3.8) is 0 Å². The van der Waals surface area contributed by atoms with Gasteiger partial charge in [0.2, 0.25) is 6.79 Å². The summed E-state index contributed by atoms with van der Waals surface area (Å²) in [5, 5.41) is 0. The van der Waals surface area contributed by atoms with E-state index in [1.807, 2.05) is 13.8 Å². The second-order valence-corrected chi connectivity index (χ2v) is 8.03. The summed E-state index contributed by atoms with van der Waals surface area (Å²) in [5.41, 5.74) is 4.53. The van der Waals surface area contributed by atoms with E-state index in [9.17, 15) is 18.0 Å². The van der Waals surface area contributed by atoms with Crippen molar-refractivity contribution in [3.8, 4) is 11.5 Å². The van der Waals surface area contributed by atoms with E-state index in [0.717, 1.165) is 0 Å². The number of amides is 2. The Morgan fingerprint density at radius 2 is 1.88 bits per heavy atom. The lowest BCUT2D eigenvalue weighted by atomic mass is 10.2. The lowest BCUT2D eigenvalue weighted by Gasteiger charge is -2.09. The Balaban J connectivity index is 1.84. The van der Waals surface area contributed by atoms with Crippen LogP contribution in [0.15, 0.2) is 18.2 Å². The molecule has 0 atom stereocenters. The number of rotatable bonds is 6. The Labute approximate surface area is 140 Å². The summed E-state index contributed by atoms with van der Waals surface area (Å²) in [6.07, 6.45) is 0.485. The fourth-order valence-electron chi connectivity index (χ4n) is 1.96. The number of carbonyl (C=O) groups is 2. The van der Waals surface area contributed by atoms with E-state index in [-0.39, 0.29) is 24.0 Å². The molecule has 0 fully saturated rings. The Morgan fingerprint density at radius 1 is 1.17 bits per heavy atom. The van der Waals surface area contributed by atoms with Gasteiger partial charge in [0.1, 0.15) is 5.75 Å². The van der Waals surface area contributed by atoms with E-state index in [4.69, 9.17) is 9.47 Å². The molecule has 24 heavy (non-hydrogen) atoms. The van der Waals surface area contributed by atoms with Crippen LogP contribution in [-0.4, -0.2) is 38.5 Å². The quantitative estimate of drug-likeness (QED) is 0.724. The molecular weight excluding hydrogens is 336 g/mol. The van der Waals surface area contributed by atoms with Gasteiger partial charge in [-0.1, -0.05) is 13.8 Å². The summed E-state index contributed by atoms with van der Waals surface area (Å²) < 4.78 is 33.9. The fraction of sp³-hybridized carbons (Fsp3) is 0.467. The topological polar surface area (TPSA) is 111 Å². The molecule has 8 nitrogen and oxygen atoms in total. The first kappa shape index (κ1) is 18.1. The minimum atomic E-state index is -3.50. The van der Waals surface area contributed by atoms with Crippen LogP contribution in [0.3, 0.4) is 0 Å². The zero-order chi connectivity index (χ0) is 17.7. The minimum Gasteiger partial charge on any atom is -0.454 e. The number of hydrazine groups is 1. The smallest absolute Gasteiger partial charge is 0.269 e. The SMILES string of the molecule is CC(C)CCS(=O)(=O)CC(=O)NNC(=O)c1ccc2c(c1)OCO2. The third kappa shape index (κ3) is 5.12. The molecule has 2 rings (SSSR count). The Kier molecular flexibility index (Phi) is 5.66. The Morgan fingerprint density at radius 3 is 2.58 bits per heavy atom. The third-order valence-electron chi connectivity index (χ3n) is 3.31. The number of sulfone groups is 1. The second kappa shape index (κ2) is 7.52. The molecule has 1 aliphatic rings. The van der Waals surface area contributed by atoms with E-state index >= 15 is 0 Å². The molecule has 0 aromatic heterocycles. The number of hydrogen-bond acceptors (Lipinski definition) is 6. The molecule has 0 spiro atoms. The first-order valence-corrected chi connectivity index (χ1v) is 9.28. The number of hydrogen-bond donors (Lipinski definition) is 2. The fourth-order valence-corrected chi connectivity index (χ4v) is 3.41. The maximum Gasteiger partial charge on any atom is 0.269 e. The first-order valence-electron chi connectivity index (χ1n) is 7.46. The van der Waals surface area contributed by atoms with Crippen LogP contribution < -0.4 is 20.3 Å². The van der Waals surface area contributed by atoms with Crippen molar-refractivity contribution in [2.75, 3.05) is 18.3 Å². The van der Waals surface area contributed by atoms with E-state index in [0.29, 0.717) is 17.9 Å². The lowest BCUT2D eigenvalue weighted by molar-refractivity contribution is -0.119. The standard InChI is InChI=1S/C15H20N2O6S/c1-10(2)5-6-24(20,21)8-14(18)16-17-15(19)11-3-4-12-13(7-11)23-9-22-12/h3-4,7,10H,5-6,8-9H2,1-2H3,(H,16,18)(H,17,19). The van der Waals surface area contributed by atoms with Gasteiger partial charge >= 0.3 is 0 Å². The van der Waals surface area contributed by atoms with Crippen molar-refractivity contribution in [3.05, 3.63) is 23.8 Å². The summed E-state index contributed by atoms with van der Waals surface area (Å²) in [5.74, 6) is -0.894. The molecule has 132 valence electrons. The van der Waals surface area contributed by atoms with Crippen molar-refractivity contribution < 1.29 is 27.5 Å². The highest BCUT2D eigenvalue weighted by Crippen LogP contribution is 2.32. The number of fused-ring (bicyclic) bond motifs is 1. The van der Waals surface area contributed by atoms with Gasteiger partial charge in [-0.15, -0.1) is 0 Å². The molecule has 1 aromatic carbocycles. The molecule has 0 saturated heterocycles. The molecule has 0 bridgehead atoms. The Bertz CT molecular complexity index is 729. The molecule has 0 saturated carbocycles. The minimum absolute atomic E-state index is 0.0613. The zero-order valence-electron chi connectivity index (χ0n) is 13.5. The van der Waals surface area contributed by atoms with E-state index in [2.05, 4.69) is 10.9 Å². The van der Waals surface area contributed by atoms with Gasteiger partial charge in [-0.3, -0.25) is 20.4 Å². The molecule has 1 aliphatic heterocycles. The summed E-state index contributed by atoms with van der Waals surface area (Å²) in [7, 11) is -3.50. The van der Waals surface area contributed by atoms with Gasteiger partial charge in [-0.25, -0.2) is 8.42 Å². The van der Waals surface area contributed by atoms with Gasteiger partial charge < -0.3 is 9.47 Å². The van der Waals surface area contributed by atoms with Gasteiger partial charge in [0.05, 0.1) is 5.75 Å². The van der Waals surface area contributed by atoms with E-state index < -0.39 is 27.4 Å². The average Bonchev–Trinajstić information content (AvgIpc) is 2.98. The molecule has 2 N–H and O–H groups in total. The molecule has 9 heteroatoms. The monoisotopic (exact) mass is 356 g/mol. The molecule has 0 aliphatic carbocycles. The van der Waals surface area contributed by atoms with Crippen LogP contribution >= 0.6 is 0 Å². The number of carbonyl (C=O) groups excluding carboxylic acids is 2. The van der Waals surface area contributed by atoms with Gasteiger partial charge in [0, 0.05) is 5.56 Å². The molecule has 1 aromatic rings. The highest BCUT2D eigenvalue weighted by atomic mass is 32.2. The van der Waals surface area contributed by atoms with Crippen molar-refractivity contribution in [1.29, 1.82) is 0 Å². The van der Waals surface area contributed by atoms with Crippen molar-refractivity contribution in [2.24, 2.45) is 5.92 Å². The van der Waals surface area contributed by atoms with Crippen LogP contribution in [-0.2, 0) is 14.6 Å². The summed E-state index contributed by atoms with van der Waals surface area (Å²) in [6, 6.07) is 4.56. The highest BCUT2D eigenvalue weighted by molar-refractivity contribution is 7.92. The first-order chi connectivity index (χ1) is 11.3. The van der Waals surface area contributed by atoms with Crippen LogP contribution in [0.5, 0.6) is 11.5 Å². The van der Waals surface area contributed by atoms with Crippen LogP contribution in [0.4, 0.5) is 0 Å². The van der Waals surface area contributed by atoms with E-state index in [1.165, 1.54) is 12.1 Å². The molecular formula is C15H20N2O6S. The van der Waals surface area contributed by atoms with Gasteiger partial charge in [0.25, 0.3) is 11.8 Å². The number of benzene rings is 1. The normalized spacial score (nSPS) is 13.0. The molecule has 0 unspecified atom stereocenters. The third-order valence-corrected chi connectivity index (χ3v) is 4.87.